The Kier molecular flexibility index (Phi) is 4.07. The molecule has 0 radical (unpaired) electrons. The first-order valence-corrected chi connectivity index (χ1v) is 9.86. The van der Waals surface area contributed by atoms with Crippen molar-refractivity contribution < 1.29 is 14.3 Å². The number of benzene rings is 1. The third-order valence-electron chi connectivity index (χ3n) is 4.90. The number of aromatic nitrogens is 5. The Morgan fingerprint density at radius 2 is 2.00 bits per heavy atom. The van der Waals surface area contributed by atoms with E-state index in [0.717, 1.165) is 22.2 Å². The predicted molar refractivity (Wildman–Crippen MR) is 110 cm³/mol. The second-order valence-electron chi connectivity index (χ2n) is 6.90. The van der Waals surface area contributed by atoms with E-state index in [4.69, 9.17) is 5.11 Å². The van der Waals surface area contributed by atoms with Gasteiger partial charge < -0.3 is 5.11 Å². The molecule has 5 rings (SSSR count). The van der Waals surface area contributed by atoms with E-state index < -0.39 is 11.6 Å². The van der Waals surface area contributed by atoms with E-state index in [9.17, 15) is 4.79 Å². The van der Waals surface area contributed by atoms with E-state index in [0.29, 0.717) is 21.8 Å². The van der Waals surface area contributed by atoms with Gasteiger partial charge in [-0.15, -0.1) is 21.5 Å². The number of halogens is 1. The molecular weight excluding hydrogens is 405 g/mol. The molecule has 4 heterocycles. The molecule has 9 heteroatoms. The highest BCUT2D eigenvalue weighted by Crippen LogP contribution is 2.34. The third kappa shape index (κ3) is 2.91. The molecule has 7 nitrogen and oxygen atoms in total. The number of fused-ring (bicyclic) bond motifs is 2. The number of rotatable bonds is 4. The Bertz CT molecular complexity index is 1430. The average molecular weight is 419 g/mol. The molecule has 148 valence electrons. The zero-order chi connectivity index (χ0) is 20.9. The lowest BCUT2D eigenvalue weighted by molar-refractivity contribution is 0.0702. The van der Waals surface area contributed by atoms with Crippen LogP contribution in [-0.2, 0) is 5.67 Å². The maximum Gasteiger partial charge on any atom is 0.345 e. The van der Waals surface area contributed by atoms with Crippen molar-refractivity contribution in [1.29, 1.82) is 0 Å². The maximum atomic E-state index is 16.0. The summed E-state index contributed by atoms with van der Waals surface area (Å²) in [6, 6.07) is 15.4. The van der Waals surface area contributed by atoms with E-state index >= 15 is 4.39 Å². The number of carboxylic acid groups (broad SMARTS) is 1. The van der Waals surface area contributed by atoms with Crippen LogP contribution in [0.2, 0.25) is 0 Å². The van der Waals surface area contributed by atoms with Crippen molar-refractivity contribution in [3.8, 4) is 10.6 Å². The van der Waals surface area contributed by atoms with Crippen molar-refractivity contribution in [3.05, 3.63) is 77.1 Å². The molecule has 0 spiro atoms. The molecule has 0 amide bonds. The summed E-state index contributed by atoms with van der Waals surface area (Å²) in [4.78, 5) is 16.3. The molecule has 0 fully saturated rings. The van der Waals surface area contributed by atoms with Gasteiger partial charge >= 0.3 is 5.97 Å². The first-order valence-electron chi connectivity index (χ1n) is 9.04. The van der Waals surface area contributed by atoms with Crippen molar-refractivity contribution in [2.45, 2.75) is 12.6 Å². The molecule has 0 aliphatic heterocycles. The van der Waals surface area contributed by atoms with Crippen molar-refractivity contribution in [3.63, 3.8) is 0 Å². The summed E-state index contributed by atoms with van der Waals surface area (Å²) in [5.74, 6) is -0.961. The van der Waals surface area contributed by atoms with Gasteiger partial charge in [-0.25, -0.2) is 9.18 Å². The minimum Gasteiger partial charge on any atom is -0.477 e. The highest BCUT2D eigenvalue weighted by molar-refractivity contribution is 7.17. The van der Waals surface area contributed by atoms with E-state index in [1.807, 2.05) is 6.07 Å². The van der Waals surface area contributed by atoms with Gasteiger partial charge in [-0.1, -0.05) is 12.1 Å². The van der Waals surface area contributed by atoms with Crippen molar-refractivity contribution in [1.82, 2.24) is 24.8 Å². The van der Waals surface area contributed by atoms with Crippen molar-refractivity contribution >= 4 is 33.9 Å². The first kappa shape index (κ1) is 18.3. The van der Waals surface area contributed by atoms with Crippen LogP contribution in [0.3, 0.4) is 0 Å². The van der Waals surface area contributed by atoms with Crippen LogP contribution in [-0.4, -0.2) is 35.9 Å². The van der Waals surface area contributed by atoms with Gasteiger partial charge in [0.2, 0.25) is 0 Å². The lowest BCUT2D eigenvalue weighted by atomic mass is 9.95. The standard InChI is InChI=1S/C21H14FN5O2S/c1-21(22,13-4-5-14-12(11-13)3-2-10-23-14)20-25-24-18-9-6-15(26-27(18)20)16-7-8-17(30-16)19(28)29/h2-11H,1H3,(H,28,29). The average Bonchev–Trinajstić information content (AvgIpc) is 3.40. The number of carbonyl (C=O) groups is 1. The first-order chi connectivity index (χ1) is 14.4. The number of hydrogen-bond acceptors (Lipinski definition) is 6. The van der Waals surface area contributed by atoms with Crippen molar-refractivity contribution in [2.75, 3.05) is 0 Å². The van der Waals surface area contributed by atoms with Gasteiger partial charge in [-0.2, -0.15) is 9.61 Å². The van der Waals surface area contributed by atoms with Gasteiger partial charge in [-0.3, -0.25) is 4.98 Å². The van der Waals surface area contributed by atoms with Crippen LogP contribution in [0.1, 0.15) is 28.0 Å². The molecule has 30 heavy (non-hydrogen) atoms. The lowest BCUT2D eigenvalue weighted by Gasteiger charge is -2.19. The molecule has 0 bridgehead atoms. The van der Waals surface area contributed by atoms with Crippen LogP contribution in [0.5, 0.6) is 0 Å². The summed E-state index contributed by atoms with van der Waals surface area (Å²) in [5, 5.41) is 22.6. The van der Waals surface area contributed by atoms with Crippen molar-refractivity contribution in [2.24, 2.45) is 0 Å². The van der Waals surface area contributed by atoms with E-state index in [2.05, 4.69) is 20.3 Å². The van der Waals surface area contributed by atoms with Crippen LogP contribution >= 0.6 is 11.3 Å². The highest BCUT2D eigenvalue weighted by Gasteiger charge is 2.35. The van der Waals surface area contributed by atoms with E-state index in [1.54, 1.807) is 48.7 Å². The minimum absolute atomic E-state index is 0.0394. The number of thiophene rings is 1. The molecular formula is C21H14FN5O2S. The summed E-state index contributed by atoms with van der Waals surface area (Å²) in [6.07, 6.45) is 1.69. The van der Waals surface area contributed by atoms with Gasteiger partial charge in [0, 0.05) is 11.6 Å². The zero-order valence-electron chi connectivity index (χ0n) is 15.7. The van der Waals surface area contributed by atoms with Gasteiger partial charge in [-0.05, 0) is 55.0 Å². The molecule has 5 aromatic rings. The fourth-order valence-corrected chi connectivity index (χ4v) is 4.11. The van der Waals surface area contributed by atoms with E-state index in [-0.39, 0.29) is 10.7 Å². The Labute approximate surface area is 173 Å². The Balaban J connectivity index is 1.62. The number of pyridine rings is 1. The number of nitrogens with zero attached hydrogens (tertiary/aromatic N) is 5. The summed E-state index contributed by atoms with van der Waals surface area (Å²) in [7, 11) is 0. The highest BCUT2D eigenvalue weighted by atomic mass is 32.1. The lowest BCUT2D eigenvalue weighted by Crippen LogP contribution is -2.22. The third-order valence-corrected chi connectivity index (χ3v) is 5.99. The Hall–Kier alpha value is -3.72. The number of carboxylic acids is 1. The normalized spacial score (nSPS) is 13.5. The Morgan fingerprint density at radius 3 is 2.80 bits per heavy atom. The van der Waals surface area contributed by atoms with Gasteiger partial charge in [0.05, 0.1) is 10.4 Å². The van der Waals surface area contributed by atoms with Crippen LogP contribution in [0.4, 0.5) is 4.39 Å². The molecule has 1 atom stereocenters. The summed E-state index contributed by atoms with van der Waals surface area (Å²) in [5.41, 5.74) is 0.135. The fourth-order valence-electron chi connectivity index (χ4n) is 3.30. The van der Waals surface area contributed by atoms with Gasteiger partial charge in [0.15, 0.2) is 17.1 Å². The second kappa shape index (κ2) is 6.67. The minimum atomic E-state index is -1.96. The molecule has 0 aliphatic rings. The maximum absolute atomic E-state index is 16.0. The number of hydrogen-bond donors (Lipinski definition) is 1. The van der Waals surface area contributed by atoms with Gasteiger partial charge in [0.1, 0.15) is 10.6 Å². The van der Waals surface area contributed by atoms with Crippen LogP contribution in [0, 0.1) is 0 Å². The van der Waals surface area contributed by atoms with Gasteiger partial charge in [0.25, 0.3) is 0 Å². The molecule has 0 saturated carbocycles. The molecule has 1 N–H and O–H groups in total. The molecule has 1 aromatic carbocycles. The summed E-state index contributed by atoms with van der Waals surface area (Å²) >= 11 is 1.10. The largest absolute Gasteiger partial charge is 0.477 e. The molecule has 0 saturated heterocycles. The molecule has 0 aliphatic carbocycles. The fraction of sp³-hybridized carbons (Fsp3) is 0.0952. The zero-order valence-corrected chi connectivity index (χ0v) is 16.5. The van der Waals surface area contributed by atoms with Crippen LogP contribution in [0.25, 0.3) is 27.1 Å². The topological polar surface area (TPSA) is 93.3 Å². The smallest absolute Gasteiger partial charge is 0.345 e. The second-order valence-corrected chi connectivity index (χ2v) is 7.98. The SMILES string of the molecule is CC(F)(c1ccc2ncccc2c1)c1nnc2ccc(-c3ccc(C(=O)O)s3)nn12. The predicted octanol–water partition coefficient (Wildman–Crippen LogP) is 4.33. The number of aromatic carboxylic acids is 1. The molecule has 1 unspecified atom stereocenters. The quantitative estimate of drug-likeness (QED) is 0.466. The summed E-state index contributed by atoms with van der Waals surface area (Å²) in [6.45, 7) is 1.42. The Morgan fingerprint density at radius 1 is 1.13 bits per heavy atom. The van der Waals surface area contributed by atoms with E-state index in [1.165, 1.54) is 17.5 Å². The molecule has 4 aromatic heterocycles. The van der Waals surface area contributed by atoms with Crippen LogP contribution in [0.15, 0.2) is 60.8 Å². The van der Waals surface area contributed by atoms with Crippen LogP contribution < -0.4 is 0 Å². The number of alkyl halides is 1. The monoisotopic (exact) mass is 419 g/mol. The summed E-state index contributed by atoms with van der Waals surface area (Å²) < 4.78 is 17.4.